The number of phenolic OH excluding ortho intramolecular Hbond substituents is 1. The van der Waals surface area contributed by atoms with Gasteiger partial charge in [-0.2, -0.15) is 0 Å². The summed E-state index contributed by atoms with van der Waals surface area (Å²) in [7, 11) is -2.44. The third kappa shape index (κ3) is 8.73. The number of unbranched alkanes of at least 4 members (excludes halogenated alkanes) is 9. The fourth-order valence-electron chi connectivity index (χ4n) is 4.19. The maximum Gasteiger partial charge on any atom is 0.391 e. The van der Waals surface area contributed by atoms with Crippen LogP contribution >= 0.6 is 8.60 Å². The van der Waals surface area contributed by atoms with E-state index in [1.165, 1.54) is 57.8 Å². The normalized spacial score (nSPS) is 11.8. The Morgan fingerprint density at radius 1 is 0.750 bits per heavy atom. The predicted octanol–water partition coefficient (Wildman–Crippen LogP) is 7.77. The largest absolute Gasteiger partial charge is 0.508 e. The Morgan fingerprint density at radius 3 is 1.84 bits per heavy atom. The second-order valence-corrected chi connectivity index (χ2v) is 9.96. The summed E-state index contributed by atoms with van der Waals surface area (Å²) in [5.74, 6) is 0.816. The maximum absolute atomic E-state index is 9.62. The van der Waals surface area contributed by atoms with E-state index < -0.39 is 8.60 Å². The highest BCUT2D eigenvalue weighted by atomic mass is 31.2. The van der Waals surface area contributed by atoms with E-state index in [9.17, 15) is 14.9 Å². The Labute approximate surface area is 195 Å². The molecule has 0 heterocycles. The Morgan fingerprint density at radius 2 is 1.28 bits per heavy atom. The van der Waals surface area contributed by atoms with Crippen molar-refractivity contribution in [3.05, 3.63) is 59.2 Å². The van der Waals surface area contributed by atoms with E-state index in [-0.39, 0.29) is 11.2 Å². The fourth-order valence-corrected chi connectivity index (χ4v) is 4.54. The summed E-state index contributed by atoms with van der Waals surface area (Å²) >= 11 is 0. The highest BCUT2D eigenvalue weighted by Gasteiger charge is 2.24. The van der Waals surface area contributed by atoms with Gasteiger partial charge in [-0.1, -0.05) is 103 Å². The van der Waals surface area contributed by atoms with Gasteiger partial charge in [-0.25, -0.2) is 0 Å². The number of aromatic hydroxyl groups is 1. The van der Waals surface area contributed by atoms with Gasteiger partial charge in [0.2, 0.25) is 0 Å². The lowest BCUT2D eigenvalue weighted by atomic mass is 9.77. The molecule has 0 saturated heterocycles. The first-order valence-corrected chi connectivity index (χ1v) is 13.3. The van der Waals surface area contributed by atoms with E-state index in [4.69, 9.17) is 4.52 Å². The zero-order valence-corrected chi connectivity index (χ0v) is 20.9. The van der Waals surface area contributed by atoms with Gasteiger partial charge in [0.05, 0.1) is 0 Å². The molecule has 2 aromatic rings. The van der Waals surface area contributed by atoms with Gasteiger partial charge in [0.15, 0.2) is 0 Å². The average Bonchev–Trinajstić information content (AvgIpc) is 2.76. The van der Waals surface area contributed by atoms with Gasteiger partial charge in [-0.15, -0.1) is 0 Å². The lowest BCUT2D eigenvalue weighted by Gasteiger charge is -2.27. The molecule has 5 heteroatoms. The van der Waals surface area contributed by atoms with E-state index in [1.807, 2.05) is 24.3 Å². The van der Waals surface area contributed by atoms with E-state index in [1.54, 1.807) is 12.1 Å². The maximum atomic E-state index is 9.62. The van der Waals surface area contributed by atoms with Gasteiger partial charge in [0, 0.05) is 5.41 Å². The summed E-state index contributed by atoms with van der Waals surface area (Å²) in [4.78, 5) is 18.8. The van der Waals surface area contributed by atoms with Crippen LogP contribution in [-0.4, -0.2) is 14.9 Å². The molecule has 0 aliphatic heterocycles. The number of phenols is 1. The van der Waals surface area contributed by atoms with Gasteiger partial charge in [0.25, 0.3) is 0 Å². The Balaban J connectivity index is 1.96. The molecule has 4 nitrogen and oxygen atoms in total. The third-order valence-electron chi connectivity index (χ3n) is 6.35. The van der Waals surface area contributed by atoms with Crippen molar-refractivity contribution in [2.45, 2.75) is 96.8 Å². The van der Waals surface area contributed by atoms with Crippen molar-refractivity contribution in [1.82, 2.24) is 0 Å². The molecule has 0 bridgehead atoms. The molecular formula is C27H41O4P. The smallest absolute Gasteiger partial charge is 0.391 e. The Hall–Kier alpha value is -1.61. The van der Waals surface area contributed by atoms with Crippen molar-refractivity contribution in [1.29, 1.82) is 0 Å². The molecule has 0 saturated carbocycles. The zero-order chi connectivity index (χ0) is 23.4. The quantitative estimate of drug-likeness (QED) is 0.187. The Kier molecular flexibility index (Phi) is 11.5. The van der Waals surface area contributed by atoms with Crippen LogP contribution in [0.4, 0.5) is 0 Å². The van der Waals surface area contributed by atoms with Crippen LogP contribution in [0.5, 0.6) is 11.5 Å². The molecule has 2 rings (SSSR count). The van der Waals surface area contributed by atoms with Crippen molar-refractivity contribution in [2.75, 3.05) is 0 Å². The third-order valence-corrected chi connectivity index (χ3v) is 6.71. The van der Waals surface area contributed by atoms with Crippen LogP contribution in [0.25, 0.3) is 0 Å². The van der Waals surface area contributed by atoms with Crippen LogP contribution < -0.4 is 4.52 Å². The molecule has 0 aliphatic carbocycles. The molecule has 178 valence electrons. The van der Waals surface area contributed by atoms with Gasteiger partial charge in [-0.3, -0.25) is 0 Å². The standard InChI is InChI=1S/C27H41O4P/c1-4-5-6-7-8-9-10-11-12-13-14-22-21-24(17-20-26(22)31-32(29)30)27(2,3)23-15-18-25(28)19-16-23/h15-21,28-30H,4-14H2,1-3H3. The van der Waals surface area contributed by atoms with Crippen LogP contribution in [0, 0.1) is 0 Å². The van der Waals surface area contributed by atoms with Gasteiger partial charge in [-0.05, 0) is 47.7 Å². The van der Waals surface area contributed by atoms with Crippen molar-refractivity contribution < 1.29 is 19.4 Å². The minimum Gasteiger partial charge on any atom is -0.508 e. The van der Waals surface area contributed by atoms with Crippen molar-refractivity contribution in [3.63, 3.8) is 0 Å². The van der Waals surface area contributed by atoms with Crippen molar-refractivity contribution in [2.24, 2.45) is 0 Å². The minimum atomic E-state index is -2.44. The number of hydrogen-bond donors (Lipinski definition) is 3. The molecule has 32 heavy (non-hydrogen) atoms. The molecule has 0 unspecified atom stereocenters. The molecule has 0 aliphatic rings. The number of aryl methyl sites for hydroxylation is 1. The first-order chi connectivity index (χ1) is 15.3. The van der Waals surface area contributed by atoms with E-state index in [2.05, 4.69) is 26.8 Å². The summed E-state index contributed by atoms with van der Waals surface area (Å²) in [5, 5.41) is 9.62. The van der Waals surface area contributed by atoms with Crippen LogP contribution in [0.1, 0.15) is 102 Å². The van der Waals surface area contributed by atoms with Gasteiger partial charge >= 0.3 is 8.60 Å². The number of hydrogen-bond acceptors (Lipinski definition) is 4. The fraction of sp³-hybridized carbons (Fsp3) is 0.556. The molecular weight excluding hydrogens is 419 g/mol. The van der Waals surface area contributed by atoms with Gasteiger partial charge in [0.1, 0.15) is 11.5 Å². The van der Waals surface area contributed by atoms with Crippen molar-refractivity contribution >= 4 is 8.60 Å². The molecule has 0 spiro atoms. The molecule has 0 radical (unpaired) electrons. The van der Waals surface area contributed by atoms with Crippen molar-refractivity contribution in [3.8, 4) is 11.5 Å². The monoisotopic (exact) mass is 460 g/mol. The highest BCUT2D eigenvalue weighted by molar-refractivity contribution is 7.39. The topological polar surface area (TPSA) is 69.9 Å². The number of benzene rings is 2. The Bertz CT molecular complexity index is 787. The number of rotatable bonds is 15. The van der Waals surface area contributed by atoms with Crippen LogP contribution in [0.15, 0.2) is 42.5 Å². The average molecular weight is 461 g/mol. The first-order valence-electron chi connectivity index (χ1n) is 12.1. The lowest BCUT2D eigenvalue weighted by Crippen LogP contribution is -2.19. The van der Waals surface area contributed by atoms with Gasteiger partial charge < -0.3 is 19.4 Å². The van der Waals surface area contributed by atoms with Crippen LogP contribution in [-0.2, 0) is 11.8 Å². The summed E-state index contributed by atoms with van der Waals surface area (Å²) in [5.41, 5.74) is 3.02. The van der Waals surface area contributed by atoms with E-state index in [0.29, 0.717) is 5.75 Å². The van der Waals surface area contributed by atoms with Crippen LogP contribution in [0.2, 0.25) is 0 Å². The summed E-state index contributed by atoms with van der Waals surface area (Å²) in [6.07, 6.45) is 13.7. The SMILES string of the molecule is CCCCCCCCCCCCc1cc(C(C)(C)c2ccc(O)cc2)ccc1OP(O)O. The summed E-state index contributed by atoms with van der Waals surface area (Å²) < 4.78 is 5.32. The molecule has 0 fully saturated rings. The first kappa shape index (κ1) is 26.6. The molecule has 0 aromatic heterocycles. The minimum absolute atomic E-state index is 0.248. The molecule has 0 amide bonds. The predicted molar refractivity (Wildman–Crippen MR) is 134 cm³/mol. The van der Waals surface area contributed by atoms with E-state index in [0.717, 1.165) is 29.5 Å². The molecule has 2 aromatic carbocycles. The highest BCUT2D eigenvalue weighted by Crippen LogP contribution is 2.38. The summed E-state index contributed by atoms with van der Waals surface area (Å²) in [6, 6.07) is 13.3. The molecule has 3 N–H and O–H groups in total. The van der Waals surface area contributed by atoms with E-state index >= 15 is 0 Å². The zero-order valence-electron chi connectivity index (χ0n) is 20.0. The second kappa shape index (κ2) is 13.8. The second-order valence-electron chi connectivity index (χ2n) is 9.27. The van der Waals surface area contributed by atoms with Crippen LogP contribution in [0.3, 0.4) is 0 Å². The lowest BCUT2D eigenvalue weighted by molar-refractivity contribution is 0.373. The summed E-state index contributed by atoms with van der Waals surface area (Å²) in [6.45, 7) is 6.57. The molecule has 0 atom stereocenters.